The molecule has 3 rings (SSSR count). The fourth-order valence-electron chi connectivity index (χ4n) is 2.29. The molecule has 10 heteroatoms. The molecule has 1 N–H and O–H groups in total. The van der Waals surface area contributed by atoms with Crippen molar-refractivity contribution in [1.82, 2.24) is 25.1 Å². The van der Waals surface area contributed by atoms with E-state index in [2.05, 4.69) is 20.8 Å². The Hall–Kier alpha value is -2.91. The van der Waals surface area contributed by atoms with Gasteiger partial charge in [0.25, 0.3) is 0 Å². The Morgan fingerprint density at radius 2 is 1.86 bits per heavy atom. The number of tetrazole rings is 1. The molecule has 8 nitrogen and oxygen atoms in total. The molecular formula is C18H17ClN6O2S. The number of nitrogens with one attached hydrogen (secondary N) is 1. The zero-order valence-electron chi connectivity index (χ0n) is 14.9. The molecule has 0 radical (unpaired) electrons. The number of halogens is 1. The van der Waals surface area contributed by atoms with Gasteiger partial charge in [0.15, 0.2) is 0 Å². The van der Waals surface area contributed by atoms with E-state index in [0.717, 1.165) is 5.69 Å². The standard InChI is InChI=1S/C18H17ClN6O2S/c1-24(11-16(26)20-15-10-6-5-9-14(15)19)17(27)12-28-18-21-22-23-25(18)13-7-3-2-4-8-13/h2-10H,11-12H2,1H3,(H,20,26). The normalized spacial score (nSPS) is 10.5. The van der Waals surface area contributed by atoms with E-state index in [1.807, 2.05) is 30.3 Å². The minimum absolute atomic E-state index is 0.0890. The van der Waals surface area contributed by atoms with Crippen LogP contribution in [-0.4, -0.2) is 56.3 Å². The van der Waals surface area contributed by atoms with Crippen LogP contribution in [0, 0.1) is 0 Å². The summed E-state index contributed by atoms with van der Waals surface area (Å²) in [4.78, 5) is 25.8. The lowest BCUT2D eigenvalue weighted by molar-refractivity contribution is -0.131. The van der Waals surface area contributed by atoms with Crippen molar-refractivity contribution >= 4 is 40.9 Å². The van der Waals surface area contributed by atoms with Crippen LogP contribution in [0.15, 0.2) is 59.8 Å². The average Bonchev–Trinajstić information content (AvgIpc) is 3.17. The van der Waals surface area contributed by atoms with Crippen LogP contribution in [0.3, 0.4) is 0 Å². The van der Waals surface area contributed by atoms with Crippen molar-refractivity contribution in [3.63, 3.8) is 0 Å². The van der Waals surface area contributed by atoms with Crippen molar-refractivity contribution in [3.8, 4) is 5.69 Å². The number of aromatic nitrogens is 4. The number of carbonyl (C=O) groups is 2. The number of hydrogen-bond donors (Lipinski definition) is 1. The predicted molar refractivity (Wildman–Crippen MR) is 108 cm³/mol. The molecule has 0 aliphatic rings. The largest absolute Gasteiger partial charge is 0.336 e. The SMILES string of the molecule is CN(CC(=O)Nc1ccccc1Cl)C(=O)CSc1nnnn1-c1ccccc1. The maximum absolute atomic E-state index is 12.4. The number of likely N-dealkylation sites (N-methyl/N-ethyl adjacent to an activating group) is 1. The van der Waals surface area contributed by atoms with Gasteiger partial charge in [-0.3, -0.25) is 9.59 Å². The summed E-state index contributed by atoms with van der Waals surface area (Å²) in [7, 11) is 1.56. The fraction of sp³-hybridized carbons (Fsp3) is 0.167. The highest BCUT2D eigenvalue weighted by Crippen LogP contribution is 2.20. The quantitative estimate of drug-likeness (QED) is 0.595. The second-order valence-corrected chi connectivity index (χ2v) is 7.13. The molecule has 0 unspecified atom stereocenters. The fourth-order valence-corrected chi connectivity index (χ4v) is 3.31. The van der Waals surface area contributed by atoms with Gasteiger partial charge in [0.05, 0.1) is 28.7 Å². The number of thioether (sulfide) groups is 1. The Bertz CT molecular complexity index is 965. The highest BCUT2D eigenvalue weighted by molar-refractivity contribution is 7.99. The van der Waals surface area contributed by atoms with Crippen LogP contribution in [0.25, 0.3) is 5.69 Å². The summed E-state index contributed by atoms with van der Waals surface area (Å²) < 4.78 is 1.56. The maximum Gasteiger partial charge on any atom is 0.244 e. The maximum atomic E-state index is 12.4. The Kier molecular flexibility index (Phi) is 6.62. The molecule has 2 aromatic carbocycles. The molecular weight excluding hydrogens is 400 g/mol. The highest BCUT2D eigenvalue weighted by atomic mass is 35.5. The lowest BCUT2D eigenvalue weighted by Crippen LogP contribution is -2.36. The van der Waals surface area contributed by atoms with E-state index in [-0.39, 0.29) is 24.1 Å². The first kappa shape index (κ1) is 19.8. The third kappa shape index (κ3) is 5.08. The molecule has 0 fully saturated rings. The molecule has 0 saturated carbocycles. The number of rotatable bonds is 7. The van der Waals surface area contributed by atoms with Crippen molar-refractivity contribution < 1.29 is 9.59 Å². The predicted octanol–water partition coefficient (Wildman–Crippen LogP) is 2.50. The zero-order valence-corrected chi connectivity index (χ0v) is 16.5. The lowest BCUT2D eigenvalue weighted by atomic mass is 10.3. The summed E-state index contributed by atoms with van der Waals surface area (Å²) in [6.07, 6.45) is 0. The number of para-hydroxylation sites is 2. The highest BCUT2D eigenvalue weighted by Gasteiger charge is 2.16. The lowest BCUT2D eigenvalue weighted by Gasteiger charge is -2.16. The minimum Gasteiger partial charge on any atom is -0.336 e. The van der Waals surface area contributed by atoms with E-state index in [4.69, 9.17) is 11.6 Å². The molecule has 3 aromatic rings. The Morgan fingerprint density at radius 1 is 1.14 bits per heavy atom. The first-order valence-corrected chi connectivity index (χ1v) is 9.66. The summed E-state index contributed by atoms with van der Waals surface area (Å²) in [5, 5.41) is 15.2. The molecule has 0 spiro atoms. The second-order valence-electron chi connectivity index (χ2n) is 5.78. The average molecular weight is 417 g/mol. The molecule has 2 amide bonds. The minimum atomic E-state index is -0.330. The first-order valence-electron chi connectivity index (χ1n) is 8.29. The number of anilines is 1. The number of carbonyl (C=O) groups excluding carboxylic acids is 2. The van der Waals surface area contributed by atoms with E-state index >= 15 is 0 Å². The van der Waals surface area contributed by atoms with Gasteiger partial charge in [0.2, 0.25) is 17.0 Å². The van der Waals surface area contributed by atoms with Crippen LogP contribution >= 0.6 is 23.4 Å². The van der Waals surface area contributed by atoms with Crippen molar-refractivity contribution in [2.75, 3.05) is 24.7 Å². The monoisotopic (exact) mass is 416 g/mol. The summed E-state index contributed by atoms with van der Waals surface area (Å²) in [5.41, 5.74) is 1.31. The van der Waals surface area contributed by atoms with Crippen LogP contribution in [0.2, 0.25) is 5.02 Å². The van der Waals surface area contributed by atoms with Crippen LogP contribution in [0.1, 0.15) is 0 Å². The van der Waals surface area contributed by atoms with Gasteiger partial charge >= 0.3 is 0 Å². The Labute approximate surface area is 170 Å². The molecule has 1 aromatic heterocycles. The van der Waals surface area contributed by atoms with Crippen LogP contribution in [0.4, 0.5) is 5.69 Å². The third-order valence-electron chi connectivity index (χ3n) is 3.72. The number of benzene rings is 2. The summed E-state index contributed by atoms with van der Waals surface area (Å²) >= 11 is 7.22. The summed E-state index contributed by atoms with van der Waals surface area (Å²) in [6.45, 7) is -0.0890. The van der Waals surface area contributed by atoms with E-state index < -0.39 is 0 Å². The molecule has 1 heterocycles. The van der Waals surface area contributed by atoms with E-state index in [1.54, 1.807) is 36.0 Å². The molecule has 0 atom stereocenters. The van der Waals surface area contributed by atoms with Gasteiger partial charge in [-0.1, -0.05) is 53.7 Å². The summed E-state index contributed by atoms with van der Waals surface area (Å²) in [5.74, 6) is -0.451. The van der Waals surface area contributed by atoms with Crippen molar-refractivity contribution in [3.05, 3.63) is 59.6 Å². The second kappa shape index (κ2) is 9.34. The van der Waals surface area contributed by atoms with Crippen LogP contribution in [-0.2, 0) is 9.59 Å². The molecule has 0 aliphatic carbocycles. The van der Waals surface area contributed by atoms with Crippen LogP contribution < -0.4 is 5.32 Å². The van der Waals surface area contributed by atoms with Crippen LogP contribution in [0.5, 0.6) is 0 Å². The Morgan fingerprint density at radius 3 is 2.61 bits per heavy atom. The molecule has 0 aliphatic heterocycles. The van der Waals surface area contributed by atoms with Gasteiger partial charge in [-0.15, -0.1) is 5.10 Å². The molecule has 0 bridgehead atoms. The van der Waals surface area contributed by atoms with E-state index in [0.29, 0.717) is 15.9 Å². The topological polar surface area (TPSA) is 93.0 Å². The van der Waals surface area contributed by atoms with E-state index in [9.17, 15) is 9.59 Å². The van der Waals surface area contributed by atoms with Gasteiger partial charge in [-0.25, -0.2) is 0 Å². The number of nitrogens with zero attached hydrogens (tertiary/aromatic N) is 5. The first-order chi connectivity index (χ1) is 13.5. The van der Waals surface area contributed by atoms with Crippen molar-refractivity contribution in [2.45, 2.75) is 5.16 Å². The van der Waals surface area contributed by atoms with Gasteiger partial charge in [-0.05, 0) is 34.7 Å². The third-order valence-corrected chi connectivity index (χ3v) is 4.95. The Balaban J connectivity index is 1.53. The van der Waals surface area contributed by atoms with Gasteiger partial charge < -0.3 is 10.2 Å². The van der Waals surface area contributed by atoms with Gasteiger partial charge in [0.1, 0.15) is 0 Å². The van der Waals surface area contributed by atoms with Crippen molar-refractivity contribution in [1.29, 1.82) is 0 Å². The summed E-state index contributed by atoms with van der Waals surface area (Å²) in [6, 6.07) is 16.3. The molecule has 144 valence electrons. The van der Waals surface area contributed by atoms with Gasteiger partial charge in [-0.2, -0.15) is 4.68 Å². The molecule has 28 heavy (non-hydrogen) atoms. The van der Waals surface area contributed by atoms with Gasteiger partial charge in [0, 0.05) is 7.05 Å². The van der Waals surface area contributed by atoms with Crippen molar-refractivity contribution in [2.24, 2.45) is 0 Å². The number of amides is 2. The smallest absolute Gasteiger partial charge is 0.244 e. The molecule has 0 saturated heterocycles. The number of hydrogen-bond acceptors (Lipinski definition) is 6. The zero-order chi connectivity index (χ0) is 19.9. The van der Waals surface area contributed by atoms with E-state index in [1.165, 1.54) is 16.7 Å².